The lowest BCUT2D eigenvalue weighted by atomic mass is 10.0. The van der Waals surface area contributed by atoms with Crippen LogP contribution in [-0.2, 0) is 9.84 Å². The van der Waals surface area contributed by atoms with E-state index in [0.717, 1.165) is 0 Å². The van der Waals surface area contributed by atoms with Crippen molar-refractivity contribution >= 4 is 9.84 Å². The Labute approximate surface area is 86.3 Å². The van der Waals surface area contributed by atoms with Crippen molar-refractivity contribution in [3.05, 3.63) is 0 Å². The normalized spacial score (nSPS) is 15.2. The smallest absolute Gasteiger partial charge is 0.229 e. The molecule has 0 rings (SSSR count). The Morgan fingerprint density at radius 3 is 1.38 bits per heavy atom. The lowest BCUT2D eigenvalue weighted by Crippen LogP contribution is -2.54. The van der Waals surface area contributed by atoms with Crippen molar-refractivity contribution in [2.24, 2.45) is 0 Å². The summed E-state index contributed by atoms with van der Waals surface area (Å²) in [5.74, 6) is -1.54. The van der Waals surface area contributed by atoms with Crippen LogP contribution in [0.4, 0.5) is 30.7 Å². The molecule has 0 aromatic rings. The van der Waals surface area contributed by atoms with Gasteiger partial charge in [0.05, 0.1) is 5.75 Å². The number of hydrogen-bond donors (Lipinski definition) is 0. The molecule has 0 aliphatic rings. The van der Waals surface area contributed by atoms with Gasteiger partial charge in [0.2, 0.25) is 0 Å². The van der Waals surface area contributed by atoms with Gasteiger partial charge in [0.15, 0.2) is 0 Å². The molecule has 0 bridgehead atoms. The second-order valence-corrected chi connectivity index (χ2v) is 5.44. The molecule has 0 heterocycles. The van der Waals surface area contributed by atoms with Gasteiger partial charge in [-0.05, 0) is 0 Å². The van der Waals surface area contributed by atoms with E-state index in [0.29, 0.717) is 6.26 Å². The van der Waals surface area contributed by atoms with Crippen molar-refractivity contribution in [3.8, 4) is 0 Å². The first-order chi connectivity index (χ1) is 6.71. The van der Waals surface area contributed by atoms with E-state index >= 15 is 0 Å². The quantitative estimate of drug-likeness (QED) is 0.741. The monoisotopic (exact) mass is 276 g/mol. The maximum atomic E-state index is 12.8. The van der Waals surface area contributed by atoms with Crippen LogP contribution in [0.3, 0.4) is 0 Å². The van der Waals surface area contributed by atoms with Crippen LogP contribution in [0.15, 0.2) is 0 Å². The summed E-state index contributed by atoms with van der Waals surface area (Å²) in [6.45, 7) is 0. The molecule has 0 aromatic carbocycles. The first kappa shape index (κ1) is 15.5. The zero-order valence-corrected chi connectivity index (χ0v) is 8.60. The first-order valence-corrected chi connectivity index (χ1v) is 5.77. The van der Waals surface area contributed by atoms with E-state index in [1.165, 1.54) is 0 Å². The largest absolute Gasteiger partial charge is 0.431 e. The van der Waals surface area contributed by atoms with Crippen LogP contribution in [0.1, 0.15) is 6.42 Å². The topological polar surface area (TPSA) is 34.1 Å². The maximum Gasteiger partial charge on any atom is 0.431 e. The third kappa shape index (κ3) is 3.49. The molecule has 10 heteroatoms. The van der Waals surface area contributed by atoms with Crippen LogP contribution in [0.5, 0.6) is 0 Å². The van der Waals surface area contributed by atoms with Crippen LogP contribution < -0.4 is 0 Å². The molecule has 0 saturated heterocycles. The van der Waals surface area contributed by atoms with Gasteiger partial charge in [0.25, 0.3) is 5.67 Å². The second kappa shape index (κ2) is 4.04. The predicted octanol–water partition coefficient (Wildman–Crippen LogP) is 2.25. The van der Waals surface area contributed by atoms with E-state index in [9.17, 15) is 39.2 Å². The van der Waals surface area contributed by atoms with Crippen LogP contribution in [0.2, 0.25) is 0 Å². The molecule has 0 spiro atoms. The zero-order valence-electron chi connectivity index (χ0n) is 7.78. The molecular formula is C6H7F7O2S. The second-order valence-electron chi connectivity index (χ2n) is 3.18. The lowest BCUT2D eigenvalue weighted by Gasteiger charge is -2.29. The summed E-state index contributed by atoms with van der Waals surface area (Å²) in [4.78, 5) is 0. The number of hydrogen-bond acceptors (Lipinski definition) is 2. The van der Waals surface area contributed by atoms with Crippen molar-refractivity contribution in [2.45, 2.75) is 24.4 Å². The number of sulfone groups is 1. The van der Waals surface area contributed by atoms with Crippen LogP contribution >= 0.6 is 0 Å². The van der Waals surface area contributed by atoms with Gasteiger partial charge in [-0.1, -0.05) is 0 Å². The Kier molecular flexibility index (Phi) is 3.91. The molecule has 98 valence electrons. The third-order valence-electron chi connectivity index (χ3n) is 1.72. The fourth-order valence-electron chi connectivity index (χ4n) is 0.770. The minimum absolute atomic E-state index is 0.417. The van der Waals surface area contributed by atoms with Gasteiger partial charge in [0.1, 0.15) is 9.84 Å². The molecule has 0 aromatic heterocycles. The number of rotatable bonds is 3. The number of alkyl halides is 7. The Balaban J connectivity index is 5.15. The fraction of sp³-hybridized carbons (Fsp3) is 1.00. The van der Waals surface area contributed by atoms with Crippen molar-refractivity contribution in [1.29, 1.82) is 0 Å². The highest BCUT2D eigenvalue weighted by molar-refractivity contribution is 7.90. The van der Waals surface area contributed by atoms with E-state index in [-0.39, 0.29) is 0 Å². The number of halogens is 7. The Bertz CT molecular complexity index is 325. The Morgan fingerprint density at radius 2 is 1.19 bits per heavy atom. The highest BCUT2D eigenvalue weighted by Gasteiger charge is 2.72. The molecule has 0 radical (unpaired) electrons. The molecule has 0 N–H and O–H groups in total. The molecule has 0 fully saturated rings. The van der Waals surface area contributed by atoms with Crippen molar-refractivity contribution in [3.63, 3.8) is 0 Å². The molecule has 16 heavy (non-hydrogen) atoms. The van der Waals surface area contributed by atoms with Gasteiger partial charge >= 0.3 is 12.4 Å². The summed E-state index contributed by atoms with van der Waals surface area (Å²) >= 11 is 0. The lowest BCUT2D eigenvalue weighted by molar-refractivity contribution is -0.341. The minimum Gasteiger partial charge on any atom is -0.229 e. The predicted molar refractivity (Wildman–Crippen MR) is 40.3 cm³/mol. The first-order valence-electron chi connectivity index (χ1n) is 3.71. The molecule has 0 aliphatic heterocycles. The van der Waals surface area contributed by atoms with E-state index in [4.69, 9.17) is 0 Å². The molecule has 0 saturated carbocycles. The molecule has 2 nitrogen and oxygen atoms in total. The van der Waals surface area contributed by atoms with Crippen molar-refractivity contribution in [1.82, 2.24) is 0 Å². The highest BCUT2D eigenvalue weighted by atomic mass is 32.2. The van der Waals surface area contributed by atoms with E-state index in [1.54, 1.807) is 0 Å². The van der Waals surface area contributed by atoms with Gasteiger partial charge in [-0.25, -0.2) is 12.8 Å². The van der Waals surface area contributed by atoms with E-state index in [2.05, 4.69) is 0 Å². The average Bonchev–Trinajstić information content (AvgIpc) is 1.93. The summed E-state index contributed by atoms with van der Waals surface area (Å²) in [6, 6.07) is 0. The summed E-state index contributed by atoms with van der Waals surface area (Å²) < 4.78 is 105. The van der Waals surface area contributed by atoms with Gasteiger partial charge in [-0.2, -0.15) is 26.3 Å². The summed E-state index contributed by atoms with van der Waals surface area (Å²) in [6.07, 6.45) is -14.2. The zero-order chi connectivity index (χ0) is 13.4. The average molecular weight is 276 g/mol. The van der Waals surface area contributed by atoms with Gasteiger partial charge in [0, 0.05) is 12.7 Å². The SMILES string of the molecule is CS(=O)(=O)CCC(F)(C(F)(F)F)C(F)(F)F. The van der Waals surface area contributed by atoms with Crippen LogP contribution in [0, 0.1) is 0 Å². The van der Waals surface area contributed by atoms with Crippen LogP contribution in [-0.4, -0.2) is 38.4 Å². The van der Waals surface area contributed by atoms with Gasteiger partial charge < -0.3 is 0 Å². The summed E-state index contributed by atoms with van der Waals surface area (Å²) in [5, 5.41) is 0. The Morgan fingerprint density at radius 1 is 0.875 bits per heavy atom. The van der Waals surface area contributed by atoms with Crippen molar-refractivity contribution in [2.75, 3.05) is 12.0 Å². The standard InChI is InChI=1S/C6H7F7O2S/c1-16(14,15)3-2-4(7,5(8,9)10)6(11,12)13/h2-3H2,1H3. The Hall–Kier alpha value is -0.540. The highest BCUT2D eigenvalue weighted by Crippen LogP contribution is 2.48. The van der Waals surface area contributed by atoms with Crippen molar-refractivity contribution < 1.29 is 39.2 Å². The third-order valence-corrected chi connectivity index (χ3v) is 2.66. The van der Waals surface area contributed by atoms with E-state index < -0.39 is 40.0 Å². The van der Waals surface area contributed by atoms with Gasteiger partial charge in [-0.15, -0.1) is 0 Å². The summed E-state index contributed by atoms with van der Waals surface area (Å²) in [5.41, 5.74) is -5.50. The van der Waals surface area contributed by atoms with Crippen LogP contribution in [0.25, 0.3) is 0 Å². The fourth-order valence-corrected chi connectivity index (χ4v) is 1.42. The molecule has 0 aliphatic carbocycles. The minimum atomic E-state index is -6.20. The van der Waals surface area contributed by atoms with Gasteiger partial charge in [-0.3, -0.25) is 0 Å². The molecule has 0 atom stereocenters. The van der Waals surface area contributed by atoms with E-state index in [1.807, 2.05) is 0 Å². The molecule has 0 amide bonds. The summed E-state index contributed by atoms with van der Waals surface area (Å²) in [7, 11) is -4.12. The maximum absolute atomic E-state index is 12.8. The molecule has 0 unspecified atom stereocenters. The molecular weight excluding hydrogens is 269 g/mol.